The second-order valence-electron chi connectivity index (χ2n) is 3.64. The van der Waals surface area contributed by atoms with E-state index in [1.54, 1.807) is 6.07 Å². The van der Waals surface area contributed by atoms with Crippen LogP contribution in [0.5, 0.6) is 0 Å². The highest BCUT2D eigenvalue weighted by molar-refractivity contribution is 6.45. The van der Waals surface area contributed by atoms with Gasteiger partial charge in [-0.3, -0.25) is 10.8 Å². The Morgan fingerprint density at radius 2 is 2.15 bits per heavy atom. The Morgan fingerprint density at radius 1 is 1.50 bits per heavy atom. The smallest absolute Gasteiger partial charge is 0.201 e. The molecule has 1 aromatic carbocycles. The number of nitrogens with one attached hydrogen (secondary N) is 2. The molecule has 0 radical (unpaired) electrons. The van der Waals surface area contributed by atoms with Crippen LogP contribution in [0, 0.1) is 22.6 Å². The van der Waals surface area contributed by atoms with Crippen molar-refractivity contribution in [3.63, 3.8) is 0 Å². The van der Waals surface area contributed by atoms with Crippen molar-refractivity contribution >= 4 is 17.2 Å². The monoisotopic (exact) mass is 279 g/mol. The van der Waals surface area contributed by atoms with Gasteiger partial charge in [0.2, 0.25) is 5.71 Å². The SMILES string of the molecule is COC(OC)c1ccc(F)c(N/N=C(\C#N)C(=N)N)c1. The maximum Gasteiger partial charge on any atom is 0.201 e. The number of halogens is 1. The number of ether oxygens (including phenoxy) is 2. The first-order valence-corrected chi connectivity index (χ1v) is 5.46. The summed E-state index contributed by atoms with van der Waals surface area (Å²) in [5, 5.41) is 19.3. The van der Waals surface area contributed by atoms with Crippen molar-refractivity contribution < 1.29 is 13.9 Å². The Balaban J connectivity index is 3.04. The predicted octanol–water partition coefficient (Wildman–Crippen LogP) is 1.34. The number of nitriles is 1. The van der Waals surface area contributed by atoms with Crippen LogP contribution in [0.25, 0.3) is 0 Å². The summed E-state index contributed by atoms with van der Waals surface area (Å²) in [4.78, 5) is 0. The zero-order valence-electron chi connectivity index (χ0n) is 11.0. The fourth-order valence-corrected chi connectivity index (χ4v) is 1.41. The topological polar surface area (TPSA) is 117 Å². The number of rotatable bonds is 6. The fraction of sp³-hybridized carbons (Fsp3) is 0.250. The van der Waals surface area contributed by atoms with Crippen LogP contribution in [-0.2, 0) is 9.47 Å². The average molecular weight is 279 g/mol. The molecule has 1 rings (SSSR count). The Bertz CT molecular complexity index is 563. The lowest BCUT2D eigenvalue weighted by atomic mass is 10.2. The Morgan fingerprint density at radius 3 is 2.65 bits per heavy atom. The van der Waals surface area contributed by atoms with Gasteiger partial charge in [0, 0.05) is 19.8 Å². The number of nitrogens with zero attached hydrogens (tertiary/aromatic N) is 2. The van der Waals surface area contributed by atoms with Gasteiger partial charge in [0.1, 0.15) is 11.9 Å². The van der Waals surface area contributed by atoms with Crippen LogP contribution < -0.4 is 11.2 Å². The summed E-state index contributed by atoms with van der Waals surface area (Å²) in [7, 11) is 2.90. The van der Waals surface area contributed by atoms with Crippen LogP contribution in [0.4, 0.5) is 10.1 Å². The molecular weight excluding hydrogens is 265 g/mol. The highest BCUT2D eigenvalue weighted by atomic mass is 19.1. The van der Waals surface area contributed by atoms with Crippen molar-refractivity contribution in [1.82, 2.24) is 0 Å². The summed E-state index contributed by atoms with van der Waals surface area (Å²) in [6, 6.07) is 5.74. The molecule has 0 fully saturated rings. The van der Waals surface area contributed by atoms with E-state index < -0.39 is 17.9 Å². The van der Waals surface area contributed by atoms with Crippen molar-refractivity contribution in [2.24, 2.45) is 10.8 Å². The van der Waals surface area contributed by atoms with Crippen LogP contribution in [0.15, 0.2) is 23.3 Å². The molecule has 0 saturated heterocycles. The van der Waals surface area contributed by atoms with E-state index in [9.17, 15) is 4.39 Å². The minimum absolute atomic E-state index is 0.00981. The van der Waals surface area contributed by atoms with Crippen LogP contribution in [0.2, 0.25) is 0 Å². The van der Waals surface area contributed by atoms with E-state index in [1.165, 1.54) is 32.4 Å². The zero-order chi connectivity index (χ0) is 15.1. The van der Waals surface area contributed by atoms with E-state index in [1.807, 2.05) is 0 Å². The molecule has 0 aliphatic carbocycles. The summed E-state index contributed by atoms with van der Waals surface area (Å²) in [5.41, 5.74) is 7.71. The van der Waals surface area contributed by atoms with Gasteiger partial charge in [-0.05, 0) is 12.1 Å². The van der Waals surface area contributed by atoms with Crippen LogP contribution in [-0.4, -0.2) is 25.8 Å². The number of hydrazone groups is 1. The molecule has 0 unspecified atom stereocenters. The van der Waals surface area contributed by atoms with Crippen LogP contribution >= 0.6 is 0 Å². The highest BCUT2D eigenvalue weighted by Gasteiger charge is 2.12. The first-order chi connectivity index (χ1) is 9.53. The van der Waals surface area contributed by atoms with Gasteiger partial charge in [-0.1, -0.05) is 6.07 Å². The minimum atomic E-state index is -0.650. The first-order valence-electron chi connectivity index (χ1n) is 5.46. The molecule has 0 aromatic heterocycles. The molecule has 0 spiro atoms. The molecule has 20 heavy (non-hydrogen) atoms. The van der Waals surface area contributed by atoms with Crippen LogP contribution in [0.3, 0.4) is 0 Å². The number of methoxy groups -OCH3 is 2. The molecule has 4 N–H and O–H groups in total. The van der Waals surface area contributed by atoms with E-state index in [4.69, 9.17) is 25.9 Å². The van der Waals surface area contributed by atoms with Gasteiger partial charge in [-0.25, -0.2) is 4.39 Å². The third-order valence-electron chi connectivity index (χ3n) is 2.34. The highest BCUT2D eigenvalue weighted by Crippen LogP contribution is 2.23. The summed E-state index contributed by atoms with van der Waals surface area (Å²) in [6.07, 6.45) is -0.650. The van der Waals surface area contributed by atoms with Crippen LogP contribution in [0.1, 0.15) is 11.9 Å². The summed E-state index contributed by atoms with van der Waals surface area (Å²) >= 11 is 0. The number of nitrogens with two attached hydrogens (primary N) is 1. The first kappa shape index (κ1) is 15.6. The predicted molar refractivity (Wildman–Crippen MR) is 71.7 cm³/mol. The average Bonchev–Trinajstić information content (AvgIpc) is 2.43. The number of benzene rings is 1. The van der Waals surface area contributed by atoms with E-state index in [-0.39, 0.29) is 11.4 Å². The summed E-state index contributed by atoms with van der Waals surface area (Å²) in [6.45, 7) is 0. The molecule has 0 amide bonds. The van der Waals surface area contributed by atoms with Gasteiger partial charge in [-0.2, -0.15) is 10.4 Å². The lowest BCUT2D eigenvalue weighted by Gasteiger charge is -2.14. The number of hydrogen-bond donors (Lipinski definition) is 3. The lowest BCUT2D eigenvalue weighted by Crippen LogP contribution is -2.22. The van der Waals surface area contributed by atoms with E-state index in [0.29, 0.717) is 5.56 Å². The molecule has 0 aliphatic rings. The number of amidine groups is 1. The van der Waals surface area contributed by atoms with Gasteiger partial charge >= 0.3 is 0 Å². The molecule has 8 heteroatoms. The second-order valence-corrected chi connectivity index (χ2v) is 3.64. The molecule has 0 bridgehead atoms. The molecule has 1 aromatic rings. The Hall–Kier alpha value is -2.50. The van der Waals surface area contributed by atoms with Crippen molar-refractivity contribution in [2.45, 2.75) is 6.29 Å². The number of anilines is 1. The van der Waals surface area contributed by atoms with Gasteiger partial charge in [-0.15, -0.1) is 0 Å². The van der Waals surface area contributed by atoms with Gasteiger partial charge in [0.25, 0.3) is 0 Å². The van der Waals surface area contributed by atoms with Crippen molar-refractivity contribution in [3.8, 4) is 6.07 Å². The third kappa shape index (κ3) is 3.74. The Kier molecular flexibility index (Phi) is 5.58. The standard InChI is InChI=1S/C12H14FN5O2/c1-19-12(20-2)7-3-4-8(13)9(5-7)17-18-10(6-14)11(15)16/h3-5,12,17H,1-2H3,(H3,15,16)/b18-10+. The maximum atomic E-state index is 13.6. The number of hydrogen-bond acceptors (Lipinski definition) is 6. The van der Waals surface area contributed by atoms with E-state index in [0.717, 1.165) is 0 Å². The van der Waals surface area contributed by atoms with E-state index >= 15 is 0 Å². The van der Waals surface area contributed by atoms with Gasteiger partial charge < -0.3 is 15.2 Å². The molecule has 0 saturated carbocycles. The molecule has 106 valence electrons. The minimum Gasteiger partial charge on any atom is -0.382 e. The largest absolute Gasteiger partial charge is 0.382 e. The quantitative estimate of drug-likeness (QED) is 0.314. The van der Waals surface area contributed by atoms with Crippen molar-refractivity contribution in [3.05, 3.63) is 29.6 Å². The molecule has 0 heterocycles. The van der Waals surface area contributed by atoms with Gasteiger partial charge in [0.15, 0.2) is 12.1 Å². The summed E-state index contributed by atoms with van der Waals surface area (Å²) < 4.78 is 23.7. The van der Waals surface area contributed by atoms with Crippen molar-refractivity contribution in [1.29, 1.82) is 10.7 Å². The van der Waals surface area contributed by atoms with Gasteiger partial charge in [0.05, 0.1) is 5.69 Å². The molecule has 0 aliphatic heterocycles. The second kappa shape index (κ2) is 7.18. The lowest BCUT2D eigenvalue weighted by molar-refractivity contribution is -0.106. The molecule has 0 atom stereocenters. The normalized spacial score (nSPS) is 11.2. The molecular formula is C12H14FN5O2. The van der Waals surface area contributed by atoms with E-state index in [2.05, 4.69) is 10.5 Å². The van der Waals surface area contributed by atoms with Crippen molar-refractivity contribution in [2.75, 3.05) is 19.6 Å². The maximum absolute atomic E-state index is 13.6. The third-order valence-corrected chi connectivity index (χ3v) is 2.34. The zero-order valence-corrected chi connectivity index (χ0v) is 11.0. The summed E-state index contributed by atoms with van der Waals surface area (Å²) in [5.74, 6) is -1.09. The Labute approximate surface area is 115 Å². The molecule has 7 nitrogen and oxygen atoms in total. The fourth-order valence-electron chi connectivity index (χ4n) is 1.41.